The maximum Gasteiger partial charge on any atom is 0.243 e. The fraction of sp³-hybridized carbons (Fsp3) is 0.375. The first kappa shape index (κ1) is 15.7. The average Bonchev–Trinajstić information content (AvgIpc) is 2.46. The lowest BCUT2D eigenvalue weighted by molar-refractivity contribution is -0.0440. The van der Waals surface area contributed by atoms with Gasteiger partial charge in [0.15, 0.2) is 0 Å². The molecular weight excluding hydrogens is 322 g/mol. The highest BCUT2D eigenvalue weighted by molar-refractivity contribution is 7.89. The molecule has 118 valence electrons. The Bertz CT molecular complexity index is 796. The fourth-order valence-electron chi connectivity index (χ4n) is 2.93. The standard InChI is InChI=1S/C16H18ClNO3S/c1-11-9-18(10-12(2)21-11)22(19,20)16-8-7-15(17)13-5-3-4-6-14(13)16/h3-8,11-12H,9-10H2,1-2H3/t11-,12-/m1/s1. The Kier molecular flexibility index (Phi) is 4.16. The second kappa shape index (κ2) is 5.81. The van der Waals surface area contributed by atoms with E-state index in [1.807, 2.05) is 32.0 Å². The normalized spacial score (nSPS) is 23.8. The van der Waals surface area contributed by atoms with Crippen molar-refractivity contribution in [1.29, 1.82) is 0 Å². The topological polar surface area (TPSA) is 46.6 Å². The van der Waals surface area contributed by atoms with Crippen LogP contribution < -0.4 is 0 Å². The molecule has 0 radical (unpaired) electrons. The largest absolute Gasteiger partial charge is 0.373 e. The highest BCUT2D eigenvalue weighted by Gasteiger charge is 2.33. The van der Waals surface area contributed by atoms with Gasteiger partial charge in [0.25, 0.3) is 0 Å². The molecule has 0 amide bonds. The van der Waals surface area contributed by atoms with Gasteiger partial charge >= 0.3 is 0 Å². The molecule has 0 N–H and O–H groups in total. The predicted octanol–water partition coefficient (Wildman–Crippen LogP) is 3.29. The summed E-state index contributed by atoms with van der Waals surface area (Å²) in [7, 11) is -3.58. The van der Waals surface area contributed by atoms with E-state index in [4.69, 9.17) is 16.3 Å². The number of morpholine rings is 1. The molecular formula is C16H18ClNO3S. The zero-order chi connectivity index (χ0) is 15.9. The van der Waals surface area contributed by atoms with E-state index in [1.54, 1.807) is 18.2 Å². The van der Waals surface area contributed by atoms with Crippen LogP contribution in [0.25, 0.3) is 10.8 Å². The predicted molar refractivity (Wildman–Crippen MR) is 87.7 cm³/mol. The van der Waals surface area contributed by atoms with Crippen LogP contribution in [0.1, 0.15) is 13.8 Å². The fourth-order valence-corrected chi connectivity index (χ4v) is 4.94. The Balaban J connectivity index is 2.12. The quantitative estimate of drug-likeness (QED) is 0.843. The summed E-state index contributed by atoms with van der Waals surface area (Å²) in [5.74, 6) is 0. The molecule has 1 fully saturated rings. The van der Waals surface area contributed by atoms with Crippen molar-refractivity contribution >= 4 is 32.4 Å². The highest BCUT2D eigenvalue weighted by Crippen LogP contribution is 2.31. The van der Waals surface area contributed by atoms with Gasteiger partial charge in [-0.05, 0) is 26.0 Å². The van der Waals surface area contributed by atoms with Crippen molar-refractivity contribution in [3.63, 3.8) is 0 Å². The first-order valence-electron chi connectivity index (χ1n) is 7.22. The minimum atomic E-state index is -3.58. The molecule has 1 aliphatic heterocycles. The number of rotatable bonds is 2. The van der Waals surface area contributed by atoms with E-state index in [2.05, 4.69) is 0 Å². The van der Waals surface area contributed by atoms with Crippen LogP contribution in [-0.4, -0.2) is 38.0 Å². The van der Waals surface area contributed by atoms with Gasteiger partial charge in [0.1, 0.15) is 0 Å². The number of halogens is 1. The van der Waals surface area contributed by atoms with Crippen molar-refractivity contribution in [1.82, 2.24) is 4.31 Å². The van der Waals surface area contributed by atoms with Gasteiger partial charge in [0.05, 0.1) is 17.1 Å². The lowest BCUT2D eigenvalue weighted by atomic mass is 10.1. The maximum absolute atomic E-state index is 13.0. The minimum Gasteiger partial charge on any atom is -0.373 e. The van der Waals surface area contributed by atoms with E-state index in [0.29, 0.717) is 28.4 Å². The maximum atomic E-state index is 13.0. The van der Waals surface area contributed by atoms with E-state index in [0.717, 1.165) is 5.39 Å². The summed E-state index contributed by atoms with van der Waals surface area (Å²) in [5, 5.41) is 1.96. The van der Waals surface area contributed by atoms with E-state index in [1.165, 1.54) is 4.31 Å². The molecule has 2 aromatic rings. The SMILES string of the molecule is C[C@@H]1CN(S(=O)(=O)c2ccc(Cl)c3ccccc23)C[C@@H](C)O1. The molecule has 1 saturated heterocycles. The third-order valence-corrected chi connectivity index (χ3v) is 6.05. The monoisotopic (exact) mass is 339 g/mol. The minimum absolute atomic E-state index is 0.114. The van der Waals surface area contributed by atoms with Crippen LogP contribution in [0, 0.1) is 0 Å². The molecule has 2 aromatic carbocycles. The third-order valence-electron chi connectivity index (χ3n) is 3.83. The number of sulfonamides is 1. The summed E-state index contributed by atoms with van der Waals surface area (Å²) in [6, 6.07) is 10.5. The lowest BCUT2D eigenvalue weighted by Gasteiger charge is -2.34. The van der Waals surface area contributed by atoms with E-state index < -0.39 is 10.0 Å². The number of ether oxygens (including phenoxy) is 1. The van der Waals surface area contributed by atoms with Crippen molar-refractivity contribution < 1.29 is 13.2 Å². The van der Waals surface area contributed by atoms with E-state index in [9.17, 15) is 8.42 Å². The van der Waals surface area contributed by atoms with Crippen molar-refractivity contribution in [2.45, 2.75) is 31.0 Å². The van der Waals surface area contributed by atoms with E-state index >= 15 is 0 Å². The molecule has 0 aromatic heterocycles. The molecule has 3 rings (SSSR count). The Morgan fingerprint density at radius 2 is 1.64 bits per heavy atom. The van der Waals surface area contributed by atoms with Gasteiger partial charge in [-0.2, -0.15) is 4.31 Å². The van der Waals surface area contributed by atoms with Crippen LogP contribution in [0.5, 0.6) is 0 Å². The molecule has 1 aliphatic rings. The Labute approximate surface area is 135 Å². The highest BCUT2D eigenvalue weighted by atomic mass is 35.5. The molecule has 0 spiro atoms. The van der Waals surface area contributed by atoms with Crippen LogP contribution in [0.4, 0.5) is 0 Å². The molecule has 2 atom stereocenters. The molecule has 0 unspecified atom stereocenters. The summed E-state index contributed by atoms with van der Waals surface area (Å²) in [4.78, 5) is 0.300. The Morgan fingerprint density at radius 1 is 1.05 bits per heavy atom. The summed E-state index contributed by atoms with van der Waals surface area (Å²) >= 11 is 6.18. The molecule has 22 heavy (non-hydrogen) atoms. The van der Waals surface area contributed by atoms with Gasteiger partial charge in [-0.1, -0.05) is 35.9 Å². The van der Waals surface area contributed by atoms with Crippen LogP contribution in [0.3, 0.4) is 0 Å². The van der Waals surface area contributed by atoms with Crippen LogP contribution >= 0.6 is 11.6 Å². The van der Waals surface area contributed by atoms with Gasteiger partial charge in [-0.3, -0.25) is 0 Å². The molecule has 4 nitrogen and oxygen atoms in total. The van der Waals surface area contributed by atoms with Gasteiger partial charge in [-0.15, -0.1) is 0 Å². The molecule has 0 saturated carbocycles. The summed E-state index contributed by atoms with van der Waals surface area (Å²) in [6.07, 6.45) is -0.228. The summed E-state index contributed by atoms with van der Waals surface area (Å²) in [5.41, 5.74) is 0. The summed E-state index contributed by atoms with van der Waals surface area (Å²) < 4.78 is 33.2. The number of hydrogen-bond acceptors (Lipinski definition) is 3. The first-order valence-corrected chi connectivity index (χ1v) is 9.04. The van der Waals surface area contributed by atoms with Gasteiger partial charge in [-0.25, -0.2) is 8.42 Å². The molecule has 1 heterocycles. The van der Waals surface area contributed by atoms with Gasteiger partial charge in [0.2, 0.25) is 10.0 Å². The second-order valence-corrected chi connectivity index (χ2v) is 7.98. The Morgan fingerprint density at radius 3 is 2.27 bits per heavy atom. The first-order chi connectivity index (χ1) is 10.4. The number of fused-ring (bicyclic) bond motifs is 1. The van der Waals surface area contributed by atoms with Crippen LogP contribution in [0.15, 0.2) is 41.3 Å². The Hall–Kier alpha value is -1.14. The van der Waals surface area contributed by atoms with Gasteiger partial charge < -0.3 is 4.74 Å². The van der Waals surface area contributed by atoms with Gasteiger partial charge in [0, 0.05) is 28.9 Å². The van der Waals surface area contributed by atoms with Crippen molar-refractivity contribution in [3.8, 4) is 0 Å². The third kappa shape index (κ3) is 2.74. The second-order valence-electron chi connectivity index (χ2n) is 5.67. The van der Waals surface area contributed by atoms with Crippen molar-refractivity contribution in [3.05, 3.63) is 41.4 Å². The van der Waals surface area contributed by atoms with Crippen molar-refractivity contribution in [2.24, 2.45) is 0 Å². The molecule has 0 aliphatic carbocycles. The van der Waals surface area contributed by atoms with Crippen LogP contribution in [-0.2, 0) is 14.8 Å². The zero-order valence-electron chi connectivity index (χ0n) is 12.5. The summed E-state index contributed by atoms with van der Waals surface area (Å²) in [6.45, 7) is 4.50. The molecule has 0 bridgehead atoms. The number of benzene rings is 2. The average molecular weight is 340 g/mol. The number of hydrogen-bond donors (Lipinski definition) is 0. The van der Waals surface area contributed by atoms with Crippen LogP contribution in [0.2, 0.25) is 5.02 Å². The lowest BCUT2D eigenvalue weighted by Crippen LogP contribution is -2.48. The van der Waals surface area contributed by atoms with Crippen molar-refractivity contribution in [2.75, 3.05) is 13.1 Å². The van der Waals surface area contributed by atoms with E-state index in [-0.39, 0.29) is 12.2 Å². The molecule has 6 heteroatoms. The smallest absolute Gasteiger partial charge is 0.243 e. The number of nitrogens with zero attached hydrogens (tertiary/aromatic N) is 1. The zero-order valence-corrected chi connectivity index (χ0v) is 14.1.